The quantitative estimate of drug-likeness (QED) is 0.417. The van der Waals surface area contributed by atoms with Gasteiger partial charge < -0.3 is 19.2 Å². The zero-order valence-electron chi connectivity index (χ0n) is 18.1. The van der Waals surface area contributed by atoms with Crippen LogP contribution in [-0.4, -0.2) is 37.6 Å². The third-order valence-electron chi connectivity index (χ3n) is 5.34. The Labute approximate surface area is 190 Å². The van der Waals surface area contributed by atoms with Gasteiger partial charge in [0, 0.05) is 17.4 Å². The Morgan fingerprint density at radius 3 is 2.52 bits per heavy atom. The summed E-state index contributed by atoms with van der Waals surface area (Å²) in [4.78, 5) is 36.8. The number of amides is 1. The summed E-state index contributed by atoms with van der Waals surface area (Å²) in [6, 6.07) is 20.0. The number of benzene rings is 3. The van der Waals surface area contributed by atoms with Crippen LogP contribution >= 0.6 is 0 Å². The molecule has 1 N–H and O–H groups in total. The molecule has 0 bridgehead atoms. The van der Waals surface area contributed by atoms with Crippen LogP contribution in [0.25, 0.3) is 21.7 Å². The van der Waals surface area contributed by atoms with E-state index in [1.807, 2.05) is 66.7 Å². The highest BCUT2D eigenvalue weighted by Crippen LogP contribution is 2.30. The fourth-order valence-electron chi connectivity index (χ4n) is 3.78. The first-order chi connectivity index (χ1) is 16.0. The van der Waals surface area contributed by atoms with Gasteiger partial charge in [0.2, 0.25) is 0 Å². The molecule has 0 radical (unpaired) electrons. The zero-order chi connectivity index (χ0) is 23.2. The van der Waals surface area contributed by atoms with Gasteiger partial charge >= 0.3 is 11.9 Å². The number of ether oxygens (including phenoxy) is 2. The average molecular weight is 445 g/mol. The number of carbonyl (C=O) groups excluding carboxylic acids is 3. The van der Waals surface area contributed by atoms with Crippen molar-refractivity contribution in [2.45, 2.75) is 18.9 Å². The maximum absolute atomic E-state index is 12.4. The molecule has 3 aromatic carbocycles. The van der Waals surface area contributed by atoms with Crippen LogP contribution in [0.5, 0.6) is 0 Å². The topological polar surface area (TPSA) is 94.8 Å². The summed E-state index contributed by atoms with van der Waals surface area (Å²) in [5.74, 6) is -1.73. The van der Waals surface area contributed by atoms with E-state index in [9.17, 15) is 14.4 Å². The van der Waals surface area contributed by atoms with Crippen molar-refractivity contribution < 1.29 is 28.3 Å². The molecule has 0 saturated carbocycles. The zero-order valence-corrected chi connectivity index (χ0v) is 18.1. The molecule has 33 heavy (non-hydrogen) atoms. The lowest BCUT2D eigenvalue weighted by Gasteiger charge is -2.16. The summed E-state index contributed by atoms with van der Waals surface area (Å²) in [6.45, 7) is -0.502. The smallest absolute Gasteiger partial charge is 0.328 e. The van der Waals surface area contributed by atoms with Crippen LogP contribution in [0.4, 0.5) is 0 Å². The number of carbonyl (C=O) groups is 3. The monoisotopic (exact) mass is 445 g/mol. The Bertz CT molecular complexity index is 1290. The van der Waals surface area contributed by atoms with E-state index in [-0.39, 0.29) is 12.8 Å². The molecule has 168 valence electrons. The van der Waals surface area contributed by atoms with Gasteiger partial charge in [-0.2, -0.15) is 0 Å². The van der Waals surface area contributed by atoms with Crippen molar-refractivity contribution in [3.8, 4) is 0 Å². The number of methoxy groups -OCH3 is 1. The fraction of sp³-hybridized carbons (Fsp3) is 0.192. The van der Waals surface area contributed by atoms with E-state index in [1.54, 1.807) is 0 Å². The lowest BCUT2D eigenvalue weighted by Crippen LogP contribution is -2.44. The minimum atomic E-state index is -0.882. The molecule has 1 amide bonds. The number of nitrogens with one attached hydrogen (secondary N) is 1. The Hall–Kier alpha value is -4.13. The maximum Gasteiger partial charge on any atom is 0.328 e. The number of fused-ring (bicyclic) bond motifs is 3. The summed E-state index contributed by atoms with van der Waals surface area (Å²) in [5, 5.41) is 5.44. The van der Waals surface area contributed by atoms with Gasteiger partial charge in [-0.1, -0.05) is 60.7 Å². The number of hydrogen-bond acceptors (Lipinski definition) is 6. The molecule has 1 aromatic heterocycles. The number of esters is 2. The van der Waals surface area contributed by atoms with E-state index in [1.165, 1.54) is 13.4 Å². The minimum Gasteiger partial charge on any atom is -0.467 e. The predicted molar refractivity (Wildman–Crippen MR) is 122 cm³/mol. The Morgan fingerprint density at radius 1 is 0.970 bits per heavy atom. The van der Waals surface area contributed by atoms with E-state index >= 15 is 0 Å². The lowest BCUT2D eigenvalue weighted by atomic mass is 10.0. The highest BCUT2D eigenvalue weighted by Gasteiger charge is 2.23. The molecular formula is C26H23NO6. The predicted octanol–water partition coefficient (Wildman–Crippen LogP) is 3.57. The van der Waals surface area contributed by atoms with Crippen LogP contribution < -0.4 is 5.32 Å². The van der Waals surface area contributed by atoms with Crippen LogP contribution in [0.15, 0.2) is 77.4 Å². The second-order valence-corrected chi connectivity index (χ2v) is 7.59. The molecular weight excluding hydrogens is 422 g/mol. The van der Waals surface area contributed by atoms with E-state index in [4.69, 9.17) is 13.9 Å². The van der Waals surface area contributed by atoms with E-state index in [2.05, 4.69) is 5.32 Å². The third-order valence-corrected chi connectivity index (χ3v) is 5.34. The summed E-state index contributed by atoms with van der Waals surface area (Å²) >= 11 is 0. The SMILES string of the molecule is COC(=O)C(Cc1ccccc1)NC(=O)COC(=O)Cc1coc2ccc3ccccc3c12. The summed E-state index contributed by atoms with van der Waals surface area (Å²) in [5.41, 5.74) is 2.23. The summed E-state index contributed by atoms with van der Waals surface area (Å²) in [7, 11) is 1.26. The molecule has 0 aliphatic rings. The van der Waals surface area contributed by atoms with E-state index in [0.717, 1.165) is 21.7 Å². The summed E-state index contributed by atoms with van der Waals surface area (Å²) in [6.07, 6.45) is 1.76. The number of hydrogen-bond donors (Lipinski definition) is 1. The minimum absolute atomic E-state index is 0.0429. The van der Waals surface area contributed by atoms with Crippen molar-refractivity contribution in [1.29, 1.82) is 0 Å². The molecule has 1 atom stereocenters. The number of rotatable bonds is 8. The van der Waals surface area contributed by atoms with Gasteiger partial charge in [0.1, 0.15) is 11.6 Å². The second-order valence-electron chi connectivity index (χ2n) is 7.59. The van der Waals surface area contributed by atoms with Crippen molar-refractivity contribution >= 4 is 39.6 Å². The van der Waals surface area contributed by atoms with Crippen molar-refractivity contribution in [2.24, 2.45) is 0 Å². The van der Waals surface area contributed by atoms with Crippen LogP contribution in [-0.2, 0) is 36.7 Å². The van der Waals surface area contributed by atoms with Crippen molar-refractivity contribution in [2.75, 3.05) is 13.7 Å². The molecule has 7 nitrogen and oxygen atoms in total. The normalized spacial score (nSPS) is 11.8. The largest absolute Gasteiger partial charge is 0.467 e. The lowest BCUT2D eigenvalue weighted by molar-refractivity contribution is -0.149. The van der Waals surface area contributed by atoms with Crippen molar-refractivity contribution in [3.05, 3.63) is 84.1 Å². The Morgan fingerprint density at radius 2 is 1.73 bits per heavy atom. The van der Waals surface area contributed by atoms with Crippen molar-refractivity contribution in [3.63, 3.8) is 0 Å². The first kappa shape index (κ1) is 22.1. The molecule has 0 spiro atoms. The fourth-order valence-corrected chi connectivity index (χ4v) is 3.78. The molecule has 0 fully saturated rings. The molecule has 1 heterocycles. The van der Waals surface area contributed by atoms with Crippen LogP contribution in [0.2, 0.25) is 0 Å². The van der Waals surface area contributed by atoms with Gasteiger partial charge in [0.05, 0.1) is 19.8 Å². The molecule has 0 aliphatic heterocycles. The first-order valence-electron chi connectivity index (χ1n) is 10.5. The van der Waals surface area contributed by atoms with Crippen LogP contribution in [0.3, 0.4) is 0 Å². The Balaban J connectivity index is 1.38. The highest BCUT2D eigenvalue weighted by molar-refractivity contribution is 6.08. The summed E-state index contributed by atoms with van der Waals surface area (Å²) < 4.78 is 15.5. The van der Waals surface area contributed by atoms with Gasteiger partial charge in [-0.25, -0.2) is 4.79 Å². The highest BCUT2D eigenvalue weighted by atomic mass is 16.5. The second kappa shape index (κ2) is 9.99. The first-order valence-corrected chi connectivity index (χ1v) is 10.5. The average Bonchev–Trinajstić information content (AvgIpc) is 3.25. The van der Waals surface area contributed by atoms with Gasteiger partial charge in [0.25, 0.3) is 5.91 Å². The van der Waals surface area contributed by atoms with Crippen LogP contribution in [0, 0.1) is 0 Å². The van der Waals surface area contributed by atoms with Gasteiger partial charge in [0.15, 0.2) is 6.61 Å². The molecule has 1 unspecified atom stereocenters. The third kappa shape index (κ3) is 5.20. The maximum atomic E-state index is 12.4. The van der Waals surface area contributed by atoms with E-state index < -0.39 is 30.5 Å². The Kier molecular flexibility index (Phi) is 6.69. The molecule has 0 saturated heterocycles. The van der Waals surface area contributed by atoms with Crippen LogP contribution in [0.1, 0.15) is 11.1 Å². The molecule has 0 aliphatic carbocycles. The standard InChI is InChI=1S/C26H23NO6/c1-31-26(30)21(13-17-7-3-2-4-8-17)27-23(28)16-33-24(29)14-19-15-32-22-12-11-18-9-5-6-10-20(18)25(19)22/h2-12,15,21H,13-14,16H2,1H3,(H,27,28). The van der Waals surface area contributed by atoms with Gasteiger partial charge in [-0.3, -0.25) is 9.59 Å². The number of furan rings is 1. The van der Waals surface area contributed by atoms with E-state index in [0.29, 0.717) is 11.1 Å². The molecule has 4 aromatic rings. The van der Waals surface area contributed by atoms with Gasteiger partial charge in [-0.05, 0) is 22.4 Å². The van der Waals surface area contributed by atoms with Crippen molar-refractivity contribution in [1.82, 2.24) is 5.32 Å². The molecule has 7 heteroatoms. The van der Waals surface area contributed by atoms with Gasteiger partial charge in [-0.15, -0.1) is 0 Å². The molecule has 4 rings (SSSR count).